The maximum absolute atomic E-state index is 5.78. The number of halogens is 1. The van der Waals surface area contributed by atoms with Crippen LogP contribution in [0.3, 0.4) is 0 Å². The summed E-state index contributed by atoms with van der Waals surface area (Å²) in [5.74, 6) is 1.69. The number of hydrogen-bond donors (Lipinski definition) is 0. The second kappa shape index (κ2) is 7.83. The van der Waals surface area contributed by atoms with Crippen molar-refractivity contribution in [1.82, 2.24) is 0 Å². The lowest BCUT2D eigenvalue weighted by atomic mass is 10.1. The number of hydrogen-bond acceptors (Lipinski definition) is 4. The third kappa shape index (κ3) is 3.22. The molecular formula is C22H21IN2O2S. The molecule has 2 aliphatic heterocycles. The minimum absolute atomic E-state index is 0. The molecule has 144 valence electrons. The van der Waals surface area contributed by atoms with E-state index in [0.29, 0.717) is 13.2 Å². The number of fused-ring (bicyclic) bond motifs is 3. The number of pyridine rings is 1. The first-order valence-corrected chi connectivity index (χ1v) is 10.0. The number of aryl methyl sites for hydroxylation is 1. The van der Waals surface area contributed by atoms with Gasteiger partial charge in [0.2, 0.25) is 5.52 Å². The highest BCUT2D eigenvalue weighted by Gasteiger charge is 2.28. The van der Waals surface area contributed by atoms with Crippen molar-refractivity contribution in [2.75, 3.05) is 24.7 Å². The van der Waals surface area contributed by atoms with Crippen molar-refractivity contribution >= 4 is 34.4 Å². The van der Waals surface area contributed by atoms with Crippen LogP contribution in [-0.4, -0.2) is 19.8 Å². The summed E-state index contributed by atoms with van der Waals surface area (Å²) in [6.07, 6.45) is 4.41. The highest BCUT2D eigenvalue weighted by molar-refractivity contribution is 8.03. The van der Waals surface area contributed by atoms with Crippen LogP contribution in [0.1, 0.15) is 12.5 Å². The van der Waals surface area contributed by atoms with Gasteiger partial charge in [-0.15, -0.1) is 0 Å². The first-order valence-electron chi connectivity index (χ1n) is 9.22. The minimum Gasteiger partial charge on any atom is -1.00 e. The van der Waals surface area contributed by atoms with Crippen LogP contribution in [0.25, 0.3) is 17.0 Å². The molecule has 0 bridgehead atoms. The van der Waals surface area contributed by atoms with Gasteiger partial charge >= 0.3 is 0 Å². The summed E-state index contributed by atoms with van der Waals surface area (Å²) in [5, 5.41) is 2.49. The summed E-state index contributed by atoms with van der Waals surface area (Å²) in [6.45, 7) is 4.32. The fraction of sp³-hybridized carbons (Fsp3) is 0.227. The van der Waals surface area contributed by atoms with Crippen molar-refractivity contribution in [2.24, 2.45) is 7.05 Å². The maximum atomic E-state index is 5.78. The summed E-state index contributed by atoms with van der Waals surface area (Å²) in [5.41, 5.74) is 3.66. The lowest BCUT2D eigenvalue weighted by Gasteiger charge is -2.22. The third-order valence-corrected chi connectivity index (χ3v) is 6.16. The van der Waals surface area contributed by atoms with Crippen molar-refractivity contribution in [1.29, 1.82) is 0 Å². The Morgan fingerprint density at radius 2 is 1.86 bits per heavy atom. The number of benzene rings is 2. The molecule has 4 nitrogen and oxygen atoms in total. The zero-order valence-electron chi connectivity index (χ0n) is 15.8. The van der Waals surface area contributed by atoms with Crippen LogP contribution in [0.15, 0.2) is 58.6 Å². The fourth-order valence-corrected chi connectivity index (χ4v) is 4.91. The third-order valence-electron chi connectivity index (χ3n) is 5.06. The monoisotopic (exact) mass is 504 g/mol. The van der Waals surface area contributed by atoms with Crippen LogP contribution >= 0.6 is 11.8 Å². The summed E-state index contributed by atoms with van der Waals surface area (Å²) in [6, 6.07) is 14.9. The predicted molar refractivity (Wildman–Crippen MR) is 109 cm³/mol. The van der Waals surface area contributed by atoms with Gasteiger partial charge in [0.25, 0.3) is 0 Å². The quantitative estimate of drug-likeness (QED) is 0.389. The van der Waals surface area contributed by atoms with Crippen LogP contribution in [0.2, 0.25) is 0 Å². The van der Waals surface area contributed by atoms with Gasteiger partial charge in [-0.25, -0.2) is 4.57 Å². The Morgan fingerprint density at radius 3 is 2.64 bits per heavy atom. The zero-order valence-corrected chi connectivity index (χ0v) is 18.8. The van der Waals surface area contributed by atoms with E-state index in [9.17, 15) is 0 Å². The van der Waals surface area contributed by atoms with E-state index in [4.69, 9.17) is 9.47 Å². The highest BCUT2D eigenvalue weighted by Crippen LogP contribution is 2.51. The largest absolute Gasteiger partial charge is 1.00 e. The van der Waals surface area contributed by atoms with Crippen LogP contribution in [0.4, 0.5) is 5.69 Å². The van der Waals surface area contributed by atoms with Gasteiger partial charge in [-0.1, -0.05) is 23.9 Å². The highest BCUT2D eigenvalue weighted by atomic mass is 127. The average molecular weight is 504 g/mol. The molecule has 0 radical (unpaired) electrons. The topological polar surface area (TPSA) is 25.6 Å². The second-order valence-corrected chi connectivity index (χ2v) is 7.75. The van der Waals surface area contributed by atoms with E-state index < -0.39 is 0 Å². The summed E-state index contributed by atoms with van der Waals surface area (Å²) in [7, 11) is 2.09. The van der Waals surface area contributed by atoms with E-state index in [1.54, 1.807) is 11.8 Å². The van der Waals surface area contributed by atoms with Crippen LogP contribution < -0.4 is 42.9 Å². The Bertz CT molecular complexity index is 1080. The number of ether oxygens (including phenoxy) is 2. The Morgan fingerprint density at radius 1 is 1.11 bits per heavy atom. The van der Waals surface area contributed by atoms with Gasteiger partial charge < -0.3 is 38.4 Å². The number of nitrogens with zero attached hydrogens (tertiary/aromatic N) is 2. The van der Waals surface area contributed by atoms with Gasteiger partial charge in [-0.05, 0) is 24.6 Å². The van der Waals surface area contributed by atoms with Crippen molar-refractivity contribution in [3.8, 4) is 11.5 Å². The zero-order chi connectivity index (χ0) is 18.4. The lowest BCUT2D eigenvalue weighted by molar-refractivity contribution is -0.644. The average Bonchev–Trinajstić information content (AvgIpc) is 3.04. The molecule has 1 aromatic heterocycles. The first-order chi connectivity index (χ1) is 13.2. The molecule has 0 spiro atoms. The maximum Gasteiger partial charge on any atom is 0.212 e. The van der Waals surface area contributed by atoms with Crippen molar-refractivity contribution < 1.29 is 38.0 Å². The number of aromatic nitrogens is 1. The summed E-state index contributed by atoms with van der Waals surface area (Å²) < 4.78 is 13.7. The number of para-hydroxylation sites is 1. The normalized spacial score (nSPS) is 16.2. The molecule has 0 N–H and O–H groups in total. The molecule has 5 rings (SSSR count). The standard InChI is InChI=1S/C22H21N2O2S.HI/c1-3-24-18-13-19-20(26-11-10-25-19)14-21(18)27-22(24)12-15-8-9-23(2)17-7-5-4-6-16(15)17;/h4-9,12-14H,3,10-11H2,1-2H3;1H/q+1;/p-1. The fourth-order valence-electron chi connectivity index (χ4n) is 3.72. The van der Waals surface area contributed by atoms with E-state index in [-0.39, 0.29) is 24.0 Å². The summed E-state index contributed by atoms with van der Waals surface area (Å²) >= 11 is 1.79. The van der Waals surface area contributed by atoms with Gasteiger partial charge in [0.1, 0.15) is 20.3 Å². The van der Waals surface area contributed by atoms with Crippen molar-refractivity contribution in [3.63, 3.8) is 0 Å². The number of anilines is 1. The van der Waals surface area contributed by atoms with E-state index >= 15 is 0 Å². The molecule has 0 aliphatic carbocycles. The molecule has 0 fully saturated rings. The Hall–Kier alpha value is -1.93. The molecular weight excluding hydrogens is 483 g/mol. The van der Waals surface area contributed by atoms with E-state index in [1.807, 2.05) is 0 Å². The Balaban J connectivity index is 0.00000192. The number of rotatable bonds is 2. The van der Waals surface area contributed by atoms with Gasteiger partial charge in [0.15, 0.2) is 17.7 Å². The van der Waals surface area contributed by atoms with Gasteiger partial charge in [-0.2, -0.15) is 0 Å². The Kier molecular flexibility index (Phi) is 5.42. The van der Waals surface area contributed by atoms with E-state index in [1.165, 1.54) is 32.1 Å². The first kappa shape index (κ1) is 19.4. The number of thioether (sulfide) groups is 1. The van der Waals surface area contributed by atoms with Gasteiger partial charge in [0, 0.05) is 35.7 Å². The van der Waals surface area contributed by atoms with Gasteiger partial charge in [-0.3, -0.25) is 0 Å². The predicted octanol–water partition coefficient (Wildman–Crippen LogP) is 1.37. The smallest absolute Gasteiger partial charge is 0.212 e. The van der Waals surface area contributed by atoms with Crippen LogP contribution in [-0.2, 0) is 7.05 Å². The van der Waals surface area contributed by atoms with Crippen LogP contribution in [0.5, 0.6) is 11.5 Å². The van der Waals surface area contributed by atoms with E-state index in [0.717, 1.165) is 18.0 Å². The van der Waals surface area contributed by atoms with Crippen molar-refractivity contribution in [3.05, 3.63) is 59.3 Å². The summed E-state index contributed by atoms with van der Waals surface area (Å²) in [4.78, 5) is 3.57. The molecule has 3 heterocycles. The van der Waals surface area contributed by atoms with Crippen LogP contribution in [0, 0.1) is 0 Å². The Labute approximate surface area is 186 Å². The van der Waals surface area contributed by atoms with Crippen molar-refractivity contribution in [2.45, 2.75) is 11.8 Å². The molecule has 0 unspecified atom stereocenters. The van der Waals surface area contributed by atoms with E-state index in [2.05, 4.69) is 78.2 Å². The SMILES string of the molecule is CCN1/C(=C/c2cc[n+](C)c3ccccc23)Sc2cc3c(cc21)OCCO3.[I-]. The molecule has 0 atom stereocenters. The molecule has 28 heavy (non-hydrogen) atoms. The molecule has 2 aromatic carbocycles. The molecule has 0 amide bonds. The van der Waals surface area contributed by atoms with Gasteiger partial charge in [0.05, 0.1) is 16.1 Å². The molecule has 3 aromatic rings. The molecule has 0 saturated carbocycles. The molecule has 6 heteroatoms. The molecule has 2 aliphatic rings. The molecule has 0 saturated heterocycles. The lowest BCUT2D eigenvalue weighted by Crippen LogP contribution is -3.00. The minimum atomic E-state index is 0. The second-order valence-electron chi connectivity index (χ2n) is 6.69.